The molecule has 1 N–H and O–H groups in total. The molecule has 1 atom stereocenters. The van der Waals surface area contributed by atoms with Gasteiger partial charge in [0.2, 0.25) is 5.91 Å². The summed E-state index contributed by atoms with van der Waals surface area (Å²) in [6.45, 7) is 1.85. The van der Waals surface area contributed by atoms with Gasteiger partial charge in [-0.1, -0.05) is 35.9 Å². The standard InChI is InChI=1S/C22H20ClN5O/c23-19-3-1-2-4-21(19)28-10-9-20(22(28)29)26-13-18-12-25-15-27(18)14-17-7-5-16(11-24)6-8-17/h1-8,12,15,20,26H,9-10,13-14H2. The van der Waals surface area contributed by atoms with Gasteiger partial charge in [-0.25, -0.2) is 4.98 Å². The van der Waals surface area contributed by atoms with Gasteiger partial charge in [-0.05, 0) is 36.2 Å². The second-order valence-electron chi connectivity index (χ2n) is 6.99. The number of aromatic nitrogens is 2. The number of halogens is 1. The smallest absolute Gasteiger partial charge is 0.244 e. The lowest BCUT2D eigenvalue weighted by atomic mass is 10.1. The molecule has 0 spiro atoms. The minimum absolute atomic E-state index is 0.0382. The van der Waals surface area contributed by atoms with Crippen molar-refractivity contribution in [2.45, 2.75) is 25.6 Å². The first-order valence-electron chi connectivity index (χ1n) is 9.43. The molecule has 1 aliphatic rings. The number of imidazole rings is 1. The molecule has 1 aromatic heterocycles. The predicted octanol–water partition coefficient (Wildman–Crippen LogP) is 3.35. The van der Waals surface area contributed by atoms with Crippen LogP contribution in [0.3, 0.4) is 0 Å². The minimum atomic E-state index is -0.246. The lowest BCUT2D eigenvalue weighted by molar-refractivity contribution is -0.118. The summed E-state index contributed by atoms with van der Waals surface area (Å²) < 4.78 is 2.04. The van der Waals surface area contributed by atoms with E-state index in [1.165, 1.54) is 0 Å². The van der Waals surface area contributed by atoms with E-state index in [9.17, 15) is 4.79 Å². The Morgan fingerprint density at radius 2 is 2.00 bits per heavy atom. The molecule has 3 aromatic rings. The van der Waals surface area contributed by atoms with Crippen molar-refractivity contribution in [1.82, 2.24) is 14.9 Å². The van der Waals surface area contributed by atoms with Crippen LogP contribution in [0.1, 0.15) is 23.2 Å². The number of hydrogen-bond donors (Lipinski definition) is 1. The molecule has 2 heterocycles. The fourth-order valence-corrected chi connectivity index (χ4v) is 3.76. The minimum Gasteiger partial charge on any atom is -0.329 e. The average Bonchev–Trinajstić information content (AvgIpc) is 3.33. The fourth-order valence-electron chi connectivity index (χ4n) is 3.53. The van der Waals surface area contributed by atoms with Gasteiger partial charge < -0.3 is 14.8 Å². The Kier molecular flexibility index (Phi) is 5.61. The molecular weight excluding hydrogens is 386 g/mol. The summed E-state index contributed by atoms with van der Waals surface area (Å²) in [6.07, 6.45) is 4.32. The van der Waals surface area contributed by atoms with E-state index in [1.807, 2.05) is 53.2 Å². The van der Waals surface area contributed by atoms with Crippen LogP contribution in [0.15, 0.2) is 61.1 Å². The van der Waals surface area contributed by atoms with Crippen LogP contribution < -0.4 is 10.2 Å². The van der Waals surface area contributed by atoms with Crippen LogP contribution in [0.5, 0.6) is 0 Å². The highest BCUT2D eigenvalue weighted by Gasteiger charge is 2.33. The molecule has 4 rings (SSSR count). The summed E-state index contributed by atoms with van der Waals surface area (Å²) in [5.74, 6) is 0.0382. The summed E-state index contributed by atoms with van der Waals surface area (Å²) in [6, 6.07) is 16.8. The molecular formula is C22H20ClN5O. The van der Waals surface area contributed by atoms with Crippen LogP contribution in [0.25, 0.3) is 0 Å². The Hall–Kier alpha value is -3.14. The number of nitriles is 1. The van der Waals surface area contributed by atoms with Crippen molar-refractivity contribution >= 4 is 23.2 Å². The first-order valence-corrected chi connectivity index (χ1v) is 9.81. The molecule has 2 aromatic carbocycles. The van der Waals surface area contributed by atoms with Crippen LogP contribution in [0.2, 0.25) is 5.02 Å². The average molecular weight is 406 g/mol. The Labute approximate surface area is 174 Å². The molecule has 1 amide bonds. The van der Waals surface area contributed by atoms with Crippen molar-refractivity contribution in [3.8, 4) is 6.07 Å². The zero-order valence-electron chi connectivity index (χ0n) is 15.8. The number of carbonyl (C=O) groups is 1. The van der Waals surface area contributed by atoms with Crippen molar-refractivity contribution in [1.29, 1.82) is 5.26 Å². The number of benzene rings is 2. The molecule has 6 nitrogen and oxygen atoms in total. The third kappa shape index (κ3) is 4.16. The van der Waals surface area contributed by atoms with Crippen molar-refractivity contribution in [3.63, 3.8) is 0 Å². The number of nitrogens with zero attached hydrogens (tertiary/aromatic N) is 4. The van der Waals surface area contributed by atoms with E-state index in [1.54, 1.807) is 17.3 Å². The second-order valence-corrected chi connectivity index (χ2v) is 7.39. The molecule has 1 saturated heterocycles. The quantitative estimate of drug-likeness (QED) is 0.682. The molecule has 0 aliphatic carbocycles. The maximum atomic E-state index is 12.8. The number of rotatable bonds is 6. The van der Waals surface area contributed by atoms with Crippen LogP contribution in [-0.2, 0) is 17.9 Å². The maximum absolute atomic E-state index is 12.8. The molecule has 1 unspecified atom stereocenters. The molecule has 0 radical (unpaired) electrons. The second kappa shape index (κ2) is 8.48. The zero-order chi connectivity index (χ0) is 20.2. The van der Waals surface area contributed by atoms with Crippen molar-refractivity contribution < 1.29 is 4.79 Å². The van der Waals surface area contributed by atoms with Crippen molar-refractivity contribution in [2.75, 3.05) is 11.4 Å². The number of para-hydroxylation sites is 1. The lowest BCUT2D eigenvalue weighted by Crippen LogP contribution is -2.38. The third-order valence-corrected chi connectivity index (χ3v) is 5.43. The van der Waals surface area contributed by atoms with Gasteiger partial charge in [0.1, 0.15) is 0 Å². The molecule has 0 saturated carbocycles. The number of hydrogen-bond acceptors (Lipinski definition) is 4. The molecule has 29 heavy (non-hydrogen) atoms. The van der Waals surface area contributed by atoms with E-state index in [0.29, 0.717) is 30.2 Å². The predicted molar refractivity (Wildman–Crippen MR) is 112 cm³/mol. The van der Waals surface area contributed by atoms with Crippen molar-refractivity contribution in [3.05, 3.63) is 82.9 Å². The van der Waals surface area contributed by atoms with E-state index in [4.69, 9.17) is 16.9 Å². The van der Waals surface area contributed by atoms with Crippen LogP contribution in [0.4, 0.5) is 5.69 Å². The molecule has 1 aliphatic heterocycles. The van der Waals surface area contributed by atoms with Gasteiger partial charge in [-0.2, -0.15) is 5.26 Å². The summed E-state index contributed by atoms with van der Waals surface area (Å²) in [5, 5.41) is 12.9. The largest absolute Gasteiger partial charge is 0.329 e. The van der Waals surface area contributed by atoms with Crippen LogP contribution in [-0.4, -0.2) is 28.0 Å². The van der Waals surface area contributed by atoms with E-state index < -0.39 is 0 Å². The van der Waals surface area contributed by atoms with E-state index in [-0.39, 0.29) is 11.9 Å². The van der Waals surface area contributed by atoms with Gasteiger partial charge in [0.05, 0.1) is 40.4 Å². The van der Waals surface area contributed by atoms with E-state index in [0.717, 1.165) is 23.4 Å². The first-order chi connectivity index (χ1) is 14.2. The Bertz CT molecular complexity index is 1050. The van der Waals surface area contributed by atoms with Gasteiger partial charge in [0.15, 0.2) is 0 Å². The van der Waals surface area contributed by atoms with Gasteiger partial charge in [0, 0.05) is 25.8 Å². The molecule has 1 fully saturated rings. The van der Waals surface area contributed by atoms with E-state index in [2.05, 4.69) is 16.4 Å². The van der Waals surface area contributed by atoms with E-state index >= 15 is 0 Å². The fraction of sp³-hybridized carbons (Fsp3) is 0.227. The maximum Gasteiger partial charge on any atom is 0.244 e. The highest BCUT2D eigenvalue weighted by atomic mass is 35.5. The third-order valence-electron chi connectivity index (χ3n) is 5.11. The Balaban J connectivity index is 1.39. The number of carbonyl (C=O) groups excluding carboxylic acids is 1. The van der Waals surface area contributed by atoms with Gasteiger partial charge in [0.25, 0.3) is 0 Å². The zero-order valence-corrected chi connectivity index (χ0v) is 16.5. The summed E-state index contributed by atoms with van der Waals surface area (Å²) in [7, 11) is 0. The number of nitrogens with one attached hydrogen (secondary N) is 1. The van der Waals surface area contributed by atoms with Gasteiger partial charge in [-0.3, -0.25) is 4.79 Å². The SMILES string of the molecule is N#Cc1ccc(Cn2cncc2CNC2CCN(c3ccccc3Cl)C2=O)cc1. The molecule has 0 bridgehead atoms. The van der Waals surface area contributed by atoms with Gasteiger partial charge in [-0.15, -0.1) is 0 Å². The number of anilines is 1. The monoisotopic (exact) mass is 405 g/mol. The van der Waals surface area contributed by atoms with Crippen LogP contribution >= 0.6 is 11.6 Å². The topological polar surface area (TPSA) is 74.0 Å². The van der Waals surface area contributed by atoms with Crippen LogP contribution in [0, 0.1) is 11.3 Å². The van der Waals surface area contributed by atoms with Crippen molar-refractivity contribution in [2.24, 2.45) is 0 Å². The summed E-state index contributed by atoms with van der Waals surface area (Å²) in [5.41, 5.74) is 3.49. The normalized spacial score (nSPS) is 16.2. The molecule has 146 valence electrons. The first kappa shape index (κ1) is 19.2. The summed E-state index contributed by atoms with van der Waals surface area (Å²) in [4.78, 5) is 18.8. The Morgan fingerprint density at radius 3 is 2.76 bits per heavy atom. The lowest BCUT2D eigenvalue weighted by Gasteiger charge is -2.18. The summed E-state index contributed by atoms with van der Waals surface area (Å²) >= 11 is 6.25. The highest BCUT2D eigenvalue weighted by molar-refractivity contribution is 6.33. The highest BCUT2D eigenvalue weighted by Crippen LogP contribution is 2.29. The van der Waals surface area contributed by atoms with Gasteiger partial charge >= 0.3 is 0 Å². The Morgan fingerprint density at radius 1 is 1.21 bits per heavy atom. The molecule has 7 heteroatoms. The number of amides is 1.